The summed E-state index contributed by atoms with van der Waals surface area (Å²) in [4.78, 5) is 8.57. The van der Waals surface area contributed by atoms with Gasteiger partial charge in [0.25, 0.3) is 0 Å². The topological polar surface area (TPSA) is 49.3 Å². The number of aryl methyl sites for hydroxylation is 1. The molecule has 5 heteroatoms. The third kappa shape index (κ3) is 5.04. The van der Waals surface area contributed by atoms with Gasteiger partial charge in [-0.25, -0.2) is 0 Å². The molecule has 0 amide bonds. The maximum Gasteiger partial charge on any atom is 0.191 e. The quantitative estimate of drug-likeness (QED) is 0.644. The smallest absolute Gasteiger partial charge is 0.191 e. The number of aliphatic imine (C=N–C) groups is 1. The number of nitrogens with one attached hydrogen (secondary N) is 2. The van der Waals surface area contributed by atoms with Crippen molar-refractivity contribution in [3.05, 3.63) is 29.6 Å². The molecule has 0 aliphatic carbocycles. The Morgan fingerprint density at radius 2 is 2.35 bits per heavy atom. The van der Waals surface area contributed by atoms with Crippen molar-refractivity contribution in [1.82, 2.24) is 15.6 Å². The Morgan fingerprint density at radius 3 is 3.00 bits per heavy atom. The highest BCUT2D eigenvalue weighted by atomic mass is 32.2. The van der Waals surface area contributed by atoms with Crippen LogP contribution in [0.1, 0.15) is 24.1 Å². The van der Waals surface area contributed by atoms with E-state index in [1.807, 2.05) is 20.2 Å². The first-order chi connectivity index (χ1) is 9.78. The summed E-state index contributed by atoms with van der Waals surface area (Å²) in [6.45, 7) is 3.90. The fraction of sp³-hybridized carbons (Fsp3) is 0.600. The second-order valence-corrected chi connectivity index (χ2v) is 6.48. The summed E-state index contributed by atoms with van der Waals surface area (Å²) in [5.74, 6) is 2.20. The minimum Gasteiger partial charge on any atom is -0.356 e. The Bertz CT molecular complexity index is 424. The molecule has 1 unspecified atom stereocenters. The third-order valence-electron chi connectivity index (χ3n) is 3.42. The summed E-state index contributed by atoms with van der Waals surface area (Å²) in [6, 6.07) is 4.19. The van der Waals surface area contributed by atoms with Crippen LogP contribution in [-0.2, 0) is 6.42 Å². The van der Waals surface area contributed by atoms with Crippen molar-refractivity contribution in [2.45, 2.75) is 31.4 Å². The normalized spacial score (nSPS) is 19.1. The number of guanidine groups is 1. The maximum absolute atomic E-state index is 4.31. The summed E-state index contributed by atoms with van der Waals surface area (Å²) in [5.41, 5.74) is 2.32. The van der Waals surface area contributed by atoms with Crippen LogP contribution < -0.4 is 10.6 Å². The van der Waals surface area contributed by atoms with Gasteiger partial charge in [-0.05, 0) is 43.6 Å². The third-order valence-corrected chi connectivity index (χ3v) is 4.82. The minimum atomic E-state index is 0.745. The van der Waals surface area contributed by atoms with Crippen molar-refractivity contribution in [1.29, 1.82) is 0 Å². The SMILES string of the molecule is CN=C(NCCc1ccc(C)nc1)NCC1CCCS1. The molecule has 2 heterocycles. The number of hydrogen-bond acceptors (Lipinski definition) is 3. The van der Waals surface area contributed by atoms with E-state index < -0.39 is 0 Å². The first-order valence-electron chi connectivity index (χ1n) is 7.25. The molecule has 1 aliphatic heterocycles. The molecule has 0 aromatic carbocycles. The van der Waals surface area contributed by atoms with E-state index in [1.54, 1.807) is 0 Å². The molecule has 0 spiro atoms. The molecule has 2 N–H and O–H groups in total. The van der Waals surface area contributed by atoms with Gasteiger partial charge in [0.2, 0.25) is 0 Å². The second-order valence-electron chi connectivity index (χ2n) is 5.07. The number of pyridine rings is 1. The van der Waals surface area contributed by atoms with Gasteiger partial charge in [0.05, 0.1) is 0 Å². The van der Waals surface area contributed by atoms with Gasteiger partial charge < -0.3 is 10.6 Å². The lowest BCUT2D eigenvalue weighted by molar-refractivity contribution is 0.724. The van der Waals surface area contributed by atoms with Gasteiger partial charge in [-0.3, -0.25) is 9.98 Å². The average Bonchev–Trinajstić information content (AvgIpc) is 2.98. The fourth-order valence-electron chi connectivity index (χ4n) is 2.21. The van der Waals surface area contributed by atoms with Crippen molar-refractivity contribution in [2.24, 2.45) is 4.99 Å². The van der Waals surface area contributed by atoms with Gasteiger partial charge in [-0.1, -0.05) is 6.07 Å². The van der Waals surface area contributed by atoms with Crippen LogP contribution in [-0.4, -0.2) is 42.1 Å². The number of hydrogen-bond donors (Lipinski definition) is 2. The Labute approximate surface area is 125 Å². The molecule has 0 bridgehead atoms. The van der Waals surface area contributed by atoms with Gasteiger partial charge in [0, 0.05) is 37.3 Å². The molecule has 1 aromatic rings. The Morgan fingerprint density at radius 1 is 1.45 bits per heavy atom. The van der Waals surface area contributed by atoms with E-state index in [1.165, 1.54) is 24.2 Å². The van der Waals surface area contributed by atoms with Gasteiger partial charge >= 0.3 is 0 Å². The number of aromatic nitrogens is 1. The zero-order valence-electron chi connectivity index (χ0n) is 12.4. The van der Waals surface area contributed by atoms with Crippen LogP contribution in [0.5, 0.6) is 0 Å². The van der Waals surface area contributed by atoms with Crippen LogP contribution in [0.4, 0.5) is 0 Å². The number of rotatable bonds is 5. The predicted molar refractivity (Wildman–Crippen MR) is 87.5 cm³/mol. The summed E-state index contributed by atoms with van der Waals surface area (Å²) >= 11 is 2.06. The van der Waals surface area contributed by atoms with Gasteiger partial charge in [0.15, 0.2) is 5.96 Å². The minimum absolute atomic E-state index is 0.745. The Balaban J connectivity index is 1.66. The van der Waals surface area contributed by atoms with Crippen molar-refractivity contribution < 1.29 is 0 Å². The number of nitrogens with zero attached hydrogens (tertiary/aromatic N) is 2. The fourth-order valence-corrected chi connectivity index (χ4v) is 3.41. The maximum atomic E-state index is 4.31. The van der Waals surface area contributed by atoms with Crippen molar-refractivity contribution >= 4 is 17.7 Å². The lowest BCUT2D eigenvalue weighted by atomic mass is 10.2. The van der Waals surface area contributed by atoms with Crippen LogP contribution in [0, 0.1) is 6.92 Å². The predicted octanol–water partition coefficient (Wildman–Crippen LogP) is 1.99. The van der Waals surface area contributed by atoms with Crippen molar-refractivity contribution in [3.63, 3.8) is 0 Å². The first-order valence-corrected chi connectivity index (χ1v) is 8.30. The lowest BCUT2D eigenvalue weighted by Crippen LogP contribution is -2.40. The van der Waals surface area contributed by atoms with Crippen molar-refractivity contribution in [2.75, 3.05) is 25.9 Å². The first kappa shape index (κ1) is 15.2. The van der Waals surface area contributed by atoms with E-state index in [4.69, 9.17) is 0 Å². The highest BCUT2D eigenvalue weighted by Gasteiger charge is 2.15. The summed E-state index contributed by atoms with van der Waals surface area (Å²) in [5, 5.41) is 7.51. The van der Waals surface area contributed by atoms with Crippen molar-refractivity contribution in [3.8, 4) is 0 Å². The largest absolute Gasteiger partial charge is 0.356 e. The standard InChI is InChI=1S/C15H24N4S/c1-12-5-6-13(10-18-12)7-8-17-15(16-2)19-11-14-4-3-9-20-14/h5-6,10,14H,3-4,7-9,11H2,1-2H3,(H2,16,17,19). The van der Waals surface area contributed by atoms with Crippen LogP contribution in [0.25, 0.3) is 0 Å². The van der Waals surface area contributed by atoms with Crippen LogP contribution in [0.3, 0.4) is 0 Å². The Kier molecular flexibility index (Phi) is 6.18. The molecule has 0 saturated carbocycles. The molecule has 1 aliphatic rings. The van der Waals surface area contributed by atoms with E-state index in [2.05, 4.69) is 44.5 Å². The van der Waals surface area contributed by atoms with Gasteiger partial charge in [0.1, 0.15) is 0 Å². The van der Waals surface area contributed by atoms with E-state index in [-0.39, 0.29) is 0 Å². The highest BCUT2D eigenvalue weighted by Crippen LogP contribution is 2.25. The molecule has 1 atom stereocenters. The second kappa shape index (κ2) is 8.15. The average molecular weight is 292 g/mol. The van der Waals surface area contributed by atoms with Crippen LogP contribution >= 0.6 is 11.8 Å². The highest BCUT2D eigenvalue weighted by molar-refractivity contribution is 8.00. The summed E-state index contributed by atoms with van der Waals surface area (Å²) < 4.78 is 0. The molecular formula is C15H24N4S. The van der Waals surface area contributed by atoms with Gasteiger partial charge in [-0.15, -0.1) is 0 Å². The van der Waals surface area contributed by atoms with E-state index in [9.17, 15) is 0 Å². The number of thioether (sulfide) groups is 1. The zero-order chi connectivity index (χ0) is 14.2. The molecular weight excluding hydrogens is 268 g/mol. The Hall–Kier alpha value is -1.23. The lowest BCUT2D eigenvalue weighted by Gasteiger charge is -2.14. The van der Waals surface area contributed by atoms with Crippen LogP contribution in [0.15, 0.2) is 23.3 Å². The molecule has 1 saturated heterocycles. The zero-order valence-corrected chi connectivity index (χ0v) is 13.2. The molecule has 1 aromatic heterocycles. The van der Waals surface area contributed by atoms with Gasteiger partial charge in [-0.2, -0.15) is 11.8 Å². The summed E-state index contributed by atoms with van der Waals surface area (Å²) in [6.07, 6.45) is 5.59. The molecule has 1 fully saturated rings. The molecule has 0 radical (unpaired) electrons. The molecule has 2 rings (SSSR count). The molecule has 4 nitrogen and oxygen atoms in total. The monoisotopic (exact) mass is 292 g/mol. The van der Waals surface area contributed by atoms with E-state index in [0.717, 1.165) is 36.4 Å². The van der Waals surface area contributed by atoms with E-state index >= 15 is 0 Å². The molecule has 110 valence electrons. The van der Waals surface area contributed by atoms with E-state index in [0.29, 0.717) is 0 Å². The van der Waals surface area contributed by atoms with Crippen LogP contribution in [0.2, 0.25) is 0 Å². The summed E-state index contributed by atoms with van der Waals surface area (Å²) in [7, 11) is 1.82. The molecule has 20 heavy (non-hydrogen) atoms.